The fraction of sp³-hybridized carbons (Fsp3) is 0.696. The molecule has 196 valence electrons. The van der Waals surface area contributed by atoms with E-state index >= 15 is 0 Å². The Morgan fingerprint density at radius 1 is 1.06 bits per heavy atom. The molecule has 1 unspecified atom stereocenters. The van der Waals surface area contributed by atoms with Crippen LogP contribution in [0, 0.1) is 11.8 Å². The van der Waals surface area contributed by atoms with Gasteiger partial charge in [-0.3, -0.25) is 14.4 Å². The van der Waals surface area contributed by atoms with Gasteiger partial charge in [0.2, 0.25) is 23.8 Å². The molecule has 5 atom stereocenters. The number of cyclic esters (lactones) is 1. The maximum atomic E-state index is 13.9. The third-order valence-corrected chi connectivity index (χ3v) is 9.04. The summed E-state index contributed by atoms with van der Waals surface area (Å²) in [4.78, 5) is 66.2. The quantitative estimate of drug-likeness (QED) is 0.165. The van der Waals surface area contributed by atoms with Crippen LogP contribution < -0.4 is 16.0 Å². The van der Waals surface area contributed by atoms with Crippen LogP contribution >= 0.6 is 21.8 Å². The minimum atomic E-state index is -0.953. The van der Waals surface area contributed by atoms with Crippen molar-refractivity contribution in [1.29, 1.82) is 0 Å². The van der Waals surface area contributed by atoms with Gasteiger partial charge in [-0.2, -0.15) is 3.89 Å². The molecule has 2 heterocycles. The molecule has 2 aliphatic rings. The van der Waals surface area contributed by atoms with E-state index in [1.807, 2.05) is 13.8 Å². The molecule has 2 bridgehead atoms. The van der Waals surface area contributed by atoms with Crippen molar-refractivity contribution in [2.24, 2.45) is 11.8 Å². The summed E-state index contributed by atoms with van der Waals surface area (Å²) in [5, 5.41) is 8.11. The molecule has 0 aromatic heterocycles. The van der Waals surface area contributed by atoms with E-state index in [2.05, 4.69) is 16.0 Å². The standard InChI is InChI=1S/C23H36N4O6S2/c1-8-15-22(31)27(9-2)19(13(5)6)23(32)33-14(7)10-17(28)26-18(12(3)4)21(30)25-16(11-34-35-27)20(29)24-15/h8,12-14,16,18-19H,9-11H2,1-7H3,(H2-,24,25,26,28,29,30)/p+1/b15-8-/t14-,16-,18-,19+,27?/m1/s1. The Bertz CT molecular complexity index is 893. The summed E-state index contributed by atoms with van der Waals surface area (Å²) in [5.41, 5.74) is 0.0541. The van der Waals surface area contributed by atoms with Gasteiger partial charge in [-0.25, -0.2) is 9.59 Å². The summed E-state index contributed by atoms with van der Waals surface area (Å²) in [6, 6.07) is -2.72. The van der Waals surface area contributed by atoms with Gasteiger partial charge in [0.15, 0.2) is 11.0 Å². The number of rotatable bonds is 3. The fourth-order valence-electron chi connectivity index (χ4n) is 4.17. The molecule has 2 aliphatic heterocycles. The summed E-state index contributed by atoms with van der Waals surface area (Å²) >= 11 is 0. The molecule has 0 aromatic carbocycles. The van der Waals surface area contributed by atoms with E-state index in [9.17, 15) is 24.0 Å². The van der Waals surface area contributed by atoms with Gasteiger partial charge in [-0.15, -0.1) is 0 Å². The first kappa shape index (κ1) is 29.2. The fourth-order valence-corrected chi connectivity index (χ4v) is 7.44. The average molecular weight is 530 g/mol. The van der Waals surface area contributed by atoms with Crippen molar-refractivity contribution in [2.75, 3.05) is 12.3 Å². The summed E-state index contributed by atoms with van der Waals surface area (Å²) in [6.45, 7) is 12.5. The zero-order valence-corrected chi connectivity index (χ0v) is 23.0. The Hall–Kier alpha value is -2.05. The normalized spacial score (nSPS) is 32.8. The number of nitrogens with one attached hydrogen (secondary N) is 3. The predicted octanol–water partition coefficient (Wildman–Crippen LogP) is 1.67. The number of esters is 1. The third-order valence-electron chi connectivity index (χ3n) is 6.02. The Kier molecular flexibility index (Phi) is 10.2. The zero-order chi connectivity index (χ0) is 26.5. The molecule has 0 aromatic rings. The zero-order valence-electron chi connectivity index (χ0n) is 21.4. The molecular formula is C23H37N4O6S2+. The topological polar surface area (TPSA) is 131 Å². The number of hydrogen-bond acceptors (Lipinski definition) is 8. The van der Waals surface area contributed by atoms with Crippen molar-refractivity contribution in [2.45, 2.75) is 79.1 Å². The molecule has 0 spiro atoms. The summed E-state index contributed by atoms with van der Waals surface area (Å²) in [6.07, 6.45) is 0.598. The van der Waals surface area contributed by atoms with Crippen LogP contribution in [-0.2, 0) is 28.7 Å². The Balaban J connectivity index is 2.67. The summed E-state index contributed by atoms with van der Waals surface area (Å²) in [5.74, 6) is -2.89. The number of likely N-dealkylation sites (N-methyl/N-ethyl adjacent to an activating group) is 1. The molecule has 4 amide bonds. The number of carbonyl (C=O) groups excluding carboxylic acids is 5. The lowest BCUT2D eigenvalue weighted by molar-refractivity contribution is -0.735. The van der Waals surface area contributed by atoms with E-state index in [1.165, 1.54) is 27.8 Å². The van der Waals surface area contributed by atoms with Gasteiger partial charge >= 0.3 is 11.9 Å². The van der Waals surface area contributed by atoms with Gasteiger partial charge < -0.3 is 20.7 Å². The second kappa shape index (κ2) is 12.3. The van der Waals surface area contributed by atoms with Gasteiger partial charge in [0.25, 0.3) is 0 Å². The van der Waals surface area contributed by atoms with Crippen molar-refractivity contribution >= 4 is 51.4 Å². The lowest BCUT2D eigenvalue weighted by Crippen LogP contribution is -2.61. The second-order valence-electron chi connectivity index (χ2n) is 9.46. The molecule has 0 aliphatic carbocycles. The van der Waals surface area contributed by atoms with Crippen molar-refractivity contribution in [3.05, 3.63) is 11.8 Å². The van der Waals surface area contributed by atoms with Crippen LogP contribution in [-0.4, -0.2) is 70.0 Å². The maximum absolute atomic E-state index is 13.9. The maximum Gasteiger partial charge on any atom is 0.374 e. The minimum absolute atomic E-state index is 0.0541. The van der Waals surface area contributed by atoms with Crippen molar-refractivity contribution in [3.8, 4) is 0 Å². The van der Waals surface area contributed by atoms with Gasteiger partial charge in [0.1, 0.15) is 23.9 Å². The Labute approximate surface area is 214 Å². The molecule has 2 rings (SSSR count). The van der Waals surface area contributed by atoms with E-state index in [-0.39, 0.29) is 40.1 Å². The number of hydrogen-bond donors (Lipinski definition) is 3. The van der Waals surface area contributed by atoms with Crippen molar-refractivity contribution in [1.82, 2.24) is 16.0 Å². The first-order valence-corrected chi connectivity index (χ1v) is 14.2. The first-order valence-electron chi connectivity index (χ1n) is 11.9. The van der Waals surface area contributed by atoms with E-state index < -0.39 is 53.8 Å². The van der Waals surface area contributed by atoms with Crippen LogP contribution in [0.1, 0.15) is 54.9 Å². The first-order chi connectivity index (χ1) is 16.4. The molecule has 10 nitrogen and oxygen atoms in total. The molecule has 12 heteroatoms. The lowest BCUT2D eigenvalue weighted by atomic mass is 10.0. The number of fused-ring (bicyclic) bond motifs is 4. The predicted molar refractivity (Wildman–Crippen MR) is 135 cm³/mol. The summed E-state index contributed by atoms with van der Waals surface area (Å²) < 4.78 is 5.34. The number of carbonyl (C=O) groups is 5. The number of quaternary nitrogens is 1. The molecule has 2 saturated heterocycles. The van der Waals surface area contributed by atoms with Gasteiger partial charge in [0, 0.05) is 11.7 Å². The van der Waals surface area contributed by atoms with Crippen LogP contribution in [0.4, 0.5) is 0 Å². The number of amides is 4. The SMILES string of the molecule is C/C=C1\NC(=O)[C@H]2CSS[N+](CC)(C1=O)[C@@H](C(C)C)C(=O)O[C@H](C)CC(=O)N[C@H](C(C)C)C(=O)N2. The monoisotopic (exact) mass is 529 g/mol. The molecular weight excluding hydrogens is 492 g/mol. The smallest absolute Gasteiger partial charge is 0.374 e. The van der Waals surface area contributed by atoms with Crippen LogP contribution in [0.25, 0.3) is 0 Å². The molecule has 0 saturated carbocycles. The molecule has 0 radical (unpaired) electrons. The molecule has 2 fully saturated rings. The van der Waals surface area contributed by atoms with Crippen LogP contribution in [0.3, 0.4) is 0 Å². The van der Waals surface area contributed by atoms with Crippen LogP contribution in [0.2, 0.25) is 0 Å². The van der Waals surface area contributed by atoms with Gasteiger partial charge in [-0.05, 0) is 37.5 Å². The van der Waals surface area contributed by atoms with E-state index in [1.54, 1.807) is 34.6 Å². The Morgan fingerprint density at radius 2 is 1.71 bits per heavy atom. The minimum Gasteiger partial charge on any atom is -0.458 e. The van der Waals surface area contributed by atoms with Crippen molar-refractivity contribution < 1.29 is 32.6 Å². The number of nitrogens with zero attached hydrogens (tertiary/aromatic N) is 1. The van der Waals surface area contributed by atoms with Crippen LogP contribution in [0.15, 0.2) is 11.8 Å². The largest absolute Gasteiger partial charge is 0.458 e. The number of ether oxygens (including phenoxy) is 1. The van der Waals surface area contributed by atoms with Crippen molar-refractivity contribution in [3.63, 3.8) is 0 Å². The van der Waals surface area contributed by atoms with Gasteiger partial charge in [-0.1, -0.05) is 33.8 Å². The number of allylic oxidation sites excluding steroid dienone is 1. The highest BCUT2D eigenvalue weighted by Gasteiger charge is 2.54. The molecule has 3 N–H and O–H groups in total. The van der Waals surface area contributed by atoms with Crippen LogP contribution in [0.5, 0.6) is 0 Å². The van der Waals surface area contributed by atoms with E-state index in [4.69, 9.17) is 4.74 Å². The average Bonchev–Trinajstić information content (AvgIpc) is 2.80. The highest BCUT2D eigenvalue weighted by atomic mass is 33.1. The van der Waals surface area contributed by atoms with E-state index in [0.29, 0.717) is 0 Å². The summed E-state index contributed by atoms with van der Waals surface area (Å²) in [7, 11) is 2.43. The molecule has 35 heavy (non-hydrogen) atoms. The highest BCUT2D eigenvalue weighted by molar-refractivity contribution is 8.74. The van der Waals surface area contributed by atoms with E-state index in [0.717, 1.165) is 0 Å². The lowest BCUT2D eigenvalue weighted by Gasteiger charge is -2.39. The Morgan fingerprint density at radius 3 is 2.26 bits per heavy atom. The second-order valence-corrected chi connectivity index (χ2v) is 12.0. The van der Waals surface area contributed by atoms with Gasteiger partial charge in [0.05, 0.1) is 13.0 Å². The highest BCUT2D eigenvalue weighted by Crippen LogP contribution is 2.42. The third kappa shape index (κ3) is 6.59.